The molecule has 1 N–H and O–H groups in total. The van der Waals surface area contributed by atoms with Crippen molar-refractivity contribution in [2.45, 2.75) is 18.8 Å². The molecule has 3 rings (SSSR count). The average molecular weight is 251 g/mol. The van der Waals surface area contributed by atoms with Crippen LogP contribution < -0.4 is 5.32 Å². The van der Waals surface area contributed by atoms with Crippen molar-refractivity contribution in [3.8, 4) is 10.6 Å². The maximum Gasteiger partial charge on any atom is 0.0964 e. The van der Waals surface area contributed by atoms with E-state index >= 15 is 0 Å². The van der Waals surface area contributed by atoms with Gasteiger partial charge in [0, 0.05) is 17.5 Å². The molecular formula is C11H13N3S2. The topological polar surface area (TPSA) is 37.8 Å². The van der Waals surface area contributed by atoms with Gasteiger partial charge in [-0.15, -0.1) is 22.7 Å². The van der Waals surface area contributed by atoms with Crippen LogP contribution in [-0.2, 0) is 0 Å². The first-order valence-corrected chi connectivity index (χ1v) is 7.24. The normalized spacial score (nSPS) is 17.8. The summed E-state index contributed by atoms with van der Waals surface area (Å²) in [5.41, 5.74) is 2.96. The molecule has 1 saturated heterocycles. The summed E-state index contributed by atoms with van der Waals surface area (Å²) in [6.45, 7) is 2.25. The predicted molar refractivity (Wildman–Crippen MR) is 68.1 cm³/mol. The lowest BCUT2D eigenvalue weighted by atomic mass is 9.99. The second kappa shape index (κ2) is 4.61. The first-order chi connectivity index (χ1) is 7.93. The molecule has 0 saturated carbocycles. The second-order valence-corrected chi connectivity index (χ2v) is 5.74. The van der Waals surface area contributed by atoms with Crippen LogP contribution in [0.1, 0.15) is 23.8 Å². The van der Waals surface area contributed by atoms with Crippen molar-refractivity contribution in [2.75, 3.05) is 13.1 Å². The van der Waals surface area contributed by atoms with Crippen LogP contribution in [0.5, 0.6) is 0 Å². The lowest BCUT2D eigenvalue weighted by molar-refractivity contribution is 0.459. The largest absolute Gasteiger partial charge is 0.317 e. The van der Waals surface area contributed by atoms with Crippen molar-refractivity contribution >= 4 is 22.7 Å². The van der Waals surface area contributed by atoms with Crippen LogP contribution in [0.25, 0.3) is 10.6 Å². The summed E-state index contributed by atoms with van der Waals surface area (Å²) in [5, 5.41) is 6.84. The maximum atomic E-state index is 4.74. The third-order valence-electron chi connectivity index (χ3n) is 2.90. The van der Waals surface area contributed by atoms with Gasteiger partial charge < -0.3 is 5.32 Å². The molecule has 0 atom stereocenters. The zero-order chi connectivity index (χ0) is 10.8. The smallest absolute Gasteiger partial charge is 0.0964 e. The van der Waals surface area contributed by atoms with E-state index in [1.807, 2.05) is 11.7 Å². The molecule has 2 aromatic rings. The van der Waals surface area contributed by atoms with Crippen LogP contribution in [0.3, 0.4) is 0 Å². The molecular weight excluding hydrogens is 238 g/mol. The monoisotopic (exact) mass is 251 g/mol. The minimum absolute atomic E-state index is 0.660. The summed E-state index contributed by atoms with van der Waals surface area (Å²) in [5.74, 6) is 0.660. The fraction of sp³-hybridized carbons (Fsp3) is 0.455. The molecule has 84 valence electrons. The Morgan fingerprint density at radius 2 is 2.12 bits per heavy atom. The fourth-order valence-corrected chi connectivity index (χ4v) is 3.65. The van der Waals surface area contributed by atoms with Crippen molar-refractivity contribution in [3.63, 3.8) is 0 Å². The van der Waals surface area contributed by atoms with E-state index in [0.717, 1.165) is 18.8 Å². The summed E-state index contributed by atoms with van der Waals surface area (Å²) in [7, 11) is 0. The van der Waals surface area contributed by atoms with Gasteiger partial charge in [-0.3, -0.25) is 4.98 Å². The Bertz CT molecular complexity index is 444. The van der Waals surface area contributed by atoms with Crippen LogP contribution in [0.15, 0.2) is 17.1 Å². The lowest BCUT2D eigenvalue weighted by Crippen LogP contribution is -2.26. The Hall–Kier alpha value is -0.780. The molecule has 3 heterocycles. The van der Waals surface area contributed by atoms with E-state index in [4.69, 9.17) is 4.98 Å². The summed E-state index contributed by atoms with van der Waals surface area (Å²) in [6, 6.07) is 0. The number of rotatable bonds is 2. The number of hydrogen-bond acceptors (Lipinski definition) is 5. The van der Waals surface area contributed by atoms with Gasteiger partial charge in [0.15, 0.2) is 0 Å². The van der Waals surface area contributed by atoms with Gasteiger partial charge in [-0.1, -0.05) is 0 Å². The quantitative estimate of drug-likeness (QED) is 0.892. The van der Waals surface area contributed by atoms with Crippen LogP contribution in [-0.4, -0.2) is 23.1 Å². The molecule has 5 heteroatoms. The summed E-state index contributed by atoms with van der Waals surface area (Å²) in [4.78, 5) is 10.0. The molecule has 3 nitrogen and oxygen atoms in total. The molecule has 0 bridgehead atoms. The SMILES string of the molecule is c1ncc(-c2csc(C3CCNCC3)n2)s1. The third kappa shape index (κ3) is 2.03. The van der Waals surface area contributed by atoms with Gasteiger partial charge in [0.25, 0.3) is 0 Å². The molecule has 1 aliphatic heterocycles. The molecule has 0 spiro atoms. The predicted octanol–water partition coefficient (Wildman–Crippen LogP) is 2.73. The fourth-order valence-electron chi connectivity index (χ4n) is 2.00. The summed E-state index contributed by atoms with van der Waals surface area (Å²) >= 11 is 3.45. The van der Waals surface area contributed by atoms with Crippen molar-refractivity contribution in [1.29, 1.82) is 0 Å². The number of piperidine rings is 1. The Labute approximate surface area is 103 Å². The maximum absolute atomic E-state index is 4.74. The van der Waals surface area contributed by atoms with Gasteiger partial charge in [-0.2, -0.15) is 0 Å². The van der Waals surface area contributed by atoms with Crippen molar-refractivity contribution in [3.05, 3.63) is 22.1 Å². The van der Waals surface area contributed by atoms with Gasteiger partial charge in [-0.05, 0) is 25.9 Å². The lowest BCUT2D eigenvalue weighted by Gasteiger charge is -2.20. The zero-order valence-corrected chi connectivity index (χ0v) is 10.5. The highest BCUT2D eigenvalue weighted by Gasteiger charge is 2.18. The highest BCUT2D eigenvalue weighted by molar-refractivity contribution is 7.14. The molecule has 2 aromatic heterocycles. The number of aromatic nitrogens is 2. The van der Waals surface area contributed by atoms with E-state index in [9.17, 15) is 0 Å². The van der Waals surface area contributed by atoms with E-state index in [1.165, 1.54) is 22.7 Å². The van der Waals surface area contributed by atoms with Crippen LogP contribution in [0.4, 0.5) is 0 Å². The van der Waals surface area contributed by atoms with Gasteiger partial charge in [0.05, 0.1) is 21.1 Å². The molecule has 0 aliphatic carbocycles. The molecule has 1 fully saturated rings. The molecule has 0 amide bonds. The standard InChI is InChI=1S/C11H13N3S2/c1-3-12-4-2-8(1)11-14-9(6-15-11)10-5-13-7-16-10/h5-8,12H,1-4H2. The first-order valence-electron chi connectivity index (χ1n) is 5.48. The van der Waals surface area contributed by atoms with Crippen molar-refractivity contribution in [2.24, 2.45) is 0 Å². The number of hydrogen-bond donors (Lipinski definition) is 1. The summed E-state index contributed by atoms with van der Waals surface area (Å²) in [6.07, 6.45) is 4.33. The molecule has 0 unspecified atom stereocenters. The van der Waals surface area contributed by atoms with E-state index in [-0.39, 0.29) is 0 Å². The minimum Gasteiger partial charge on any atom is -0.317 e. The molecule has 16 heavy (non-hydrogen) atoms. The average Bonchev–Trinajstić information content (AvgIpc) is 3.01. The van der Waals surface area contributed by atoms with E-state index < -0.39 is 0 Å². The zero-order valence-electron chi connectivity index (χ0n) is 8.85. The Morgan fingerprint density at radius 1 is 1.25 bits per heavy atom. The van der Waals surface area contributed by atoms with Crippen molar-refractivity contribution in [1.82, 2.24) is 15.3 Å². The Kier molecular flexibility index (Phi) is 2.99. The van der Waals surface area contributed by atoms with Gasteiger partial charge in [-0.25, -0.2) is 4.98 Å². The van der Waals surface area contributed by atoms with Gasteiger partial charge in [0.1, 0.15) is 0 Å². The van der Waals surface area contributed by atoms with Crippen LogP contribution in [0, 0.1) is 0 Å². The minimum atomic E-state index is 0.660. The third-order valence-corrected chi connectivity index (χ3v) is 4.70. The highest BCUT2D eigenvalue weighted by Crippen LogP contribution is 2.32. The van der Waals surface area contributed by atoms with Gasteiger partial charge >= 0.3 is 0 Å². The van der Waals surface area contributed by atoms with Crippen LogP contribution in [0.2, 0.25) is 0 Å². The van der Waals surface area contributed by atoms with Crippen molar-refractivity contribution < 1.29 is 0 Å². The van der Waals surface area contributed by atoms with E-state index in [1.54, 1.807) is 22.7 Å². The van der Waals surface area contributed by atoms with Crippen LogP contribution >= 0.6 is 22.7 Å². The van der Waals surface area contributed by atoms with E-state index in [0.29, 0.717) is 5.92 Å². The number of thiazole rings is 2. The summed E-state index contributed by atoms with van der Waals surface area (Å²) < 4.78 is 0. The van der Waals surface area contributed by atoms with Gasteiger partial charge in [0.2, 0.25) is 0 Å². The van der Waals surface area contributed by atoms with E-state index in [2.05, 4.69) is 15.7 Å². The highest BCUT2D eigenvalue weighted by atomic mass is 32.1. The Morgan fingerprint density at radius 3 is 2.88 bits per heavy atom. The molecule has 1 aliphatic rings. The number of nitrogens with one attached hydrogen (secondary N) is 1. The molecule has 0 radical (unpaired) electrons. The molecule has 0 aromatic carbocycles. The number of nitrogens with zero attached hydrogens (tertiary/aromatic N) is 2. The first kappa shape index (κ1) is 10.4. The second-order valence-electron chi connectivity index (χ2n) is 3.96. The Balaban J connectivity index is 1.82.